The Labute approximate surface area is 139 Å². The second-order valence-corrected chi connectivity index (χ2v) is 8.05. The van der Waals surface area contributed by atoms with Gasteiger partial charge in [0.2, 0.25) is 0 Å². The highest BCUT2D eigenvalue weighted by atomic mass is 16.5. The van der Waals surface area contributed by atoms with Gasteiger partial charge in [-0.2, -0.15) is 4.73 Å². The molecule has 0 N–H and O–H groups in total. The number of hydrogen-bond acceptors (Lipinski definition) is 2. The van der Waals surface area contributed by atoms with Gasteiger partial charge in [-0.25, -0.2) is 0 Å². The predicted molar refractivity (Wildman–Crippen MR) is 94.8 cm³/mol. The summed E-state index contributed by atoms with van der Waals surface area (Å²) in [5.41, 5.74) is 4.45. The van der Waals surface area contributed by atoms with Crippen molar-refractivity contribution in [1.29, 1.82) is 0 Å². The van der Waals surface area contributed by atoms with Gasteiger partial charge >= 0.3 is 0 Å². The van der Waals surface area contributed by atoms with E-state index < -0.39 is 0 Å². The van der Waals surface area contributed by atoms with Crippen molar-refractivity contribution in [3.63, 3.8) is 0 Å². The summed E-state index contributed by atoms with van der Waals surface area (Å²) in [7, 11) is 1.74. The number of ether oxygens (including phenoxy) is 1. The fraction of sp³-hybridized carbons (Fsp3) is 0.450. The summed E-state index contributed by atoms with van der Waals surface area (Å²) < 4.78 is 6.59. The zero-order valence-electron chi connectivity index (χ0n) is 15.2. The van der Waals surface area contributed by atoms with Gasteiger partial charge in [0.15, 0.2) is 12.4 Å². The van der Waals surface area contributed by atoms with Crippen LogP contribution in [0.1, 0.15) is 52.7 Å². The first kappa shape index (κ1) is 17.3. The first-order chi connectivity index (χ1) is 10.5. The lowest BCUT2D eigenvalue weighted by molar-refractivity contribution is -0.605. The highest BCUT2D eigenvalue weighted by molar-refractivity contribution is 5.68. The predicted octanol–water partition coefficient (Wildman–Crippen LogP) is 4.59. The molecule has 0 bridgehead atoms. The number of rotatable bonds is 2. The summed E-state index contributed by atoms with van der Waals surface area (Å²) in [6, 6.07) is 8.07. The Kier molecular flexibility index (Phi) is 4.43. The van der Waals surface area contributed by atoms with E-state index in [1.54, 1.807) is 7.11 Å². The Hall–Kier alpha value is -2.03. The van der Waals surface area contributed by atoms with Crippen LogP contribution in [0.25, 0.3) is 11.1 Å². The zero-order chi connectivity index (χ0) is 17.4. The minimum Gasteiger partial charge on any atom is -0.619 e. The highest BCUT2D eigenvalue weighted by Gasteiger charge is 2.27. The number of methoxy groups -OCH3 is 1. The van der Waals surface area contributed by atoms with Gasteiger partial charge in [0.05, 0.1) is 7.11 Å². The van der Waals surface area contributed by atoms with Crippen LogP contribution in [0.3, 0.4) is 0 Å². The summed E-state index contributed by atoms with van der Waals surface area (Å²) in [5, 5.41) is 11.3. The molecule has 1 aromatic carbocycles. The first-order valence-electron chi connectivity index (χ1n) is 7.96. The first-order valence-corrected chi connectivity index (χ1v) is 7.96. The molecule has 3 heteroatoms. The van der Waals surface area contributed by atoms with Crippen molar-refractivity contribution in [2.75, 3.05) is 7.11 Å². The Balaban J connectivity index is 2.77. The van der Waals surface area contributed by atoms with Gasteiger partial charge in [0, 0.05) is 23.3 Å². The number of hydrogen-bond donors (Lipinski definition) is 0. The molecule has 0 atom stereocenters. The standard InChI is InChI=1S/C20H27NO2/c1-19(2,3)16-12-15(14-8-10-21(22)11-9-14)13-17(18(16)23-7)20(4,5)6/h8-13H,1-7H3. The SMILES string of the molecule is COc1c(C(C)(C)C)cc(-c2cc[n+]([O-])cc2)cc1C(C)(C)C. The smallest absolute Gasteiger partial charge is 0.180 e. The molecule has 0 fully saturated rings. The molecule has 23 heavy (non-hydrogen) atoms. The molecule has 1 heterocycles. The third-order valence-electron chi connectivity index (χ3n) is 4.04. The molecule has 0 aliphatic carbocycles. The average Bonchev–Trinajstić information content (AvgIpc) is 2.44. The number of nitrogens with zero attached hydrogens (tertiary/aromatic N) is 1. The Bertz CT molecular complexity index is 654. The fourth-order valence-corrected chi connectivity index (χ4v) is 2.73. The monoisotopic (exact) mass is 313 g/mol. The third kappa shape index (κ3) is 3.66. The van der Waals surface area contributed by atoms with Crippen LogP contribution < -0.4 is 9.47 Å². The van der Waals surface area contributed by atoms with Crippen molar-refractivity contribution >= 4 is 0 Å². The normalized spacial score (nSPS) is 12.3. The summed E-state index contributed by atoms with van der Waals surface area (Å²) in [4.78, 5) is 0. The maximum absolute atomic E-state index is 11.3. The molecule has 0 aliphatic heterocycles. The van der Waals surface area contributed by atoms with Crippen LogP contribution in [0.15, 0.2) is 36.7 Å². The van der Waals surface area contributed by atoms with Gasteiger partial charge in [0.1, 0.15) is 5.75 Å². The molecule has 0 radical (unpaired) electrons. The van der Waals surface area contributed by atoms with Crippen molar-refractivity contribution < 1.29 is 9.47 Å². The number of benzene rings is 1. The van der Waals surface area contributed by atoms with Gasteiger partial charge in [-0.3, -0.25) is 0 Å². The second-order valence-electron chi connectivity index (χ2n) is 8.05. The third-order valence-corrected chi connectivity index (χ3v) is 4.04. The van der Waals surface area contributed by atoms with Crippen LogP contribution in [-0.4, -0.2) is 7.11 Å². The topological polar surface area (TPSA) is 36.2 Å². The molecule has 0 unspecified atom stereocenters. The molecule has 1 aromatic heterocycles. The van der Waals surface area contributed by atoms with Crippen molar-refractivity contribution in [2.45, 2.75) is 52.4 Å². The van der Waals surface area contributed by atoms with E-state index in [4.69, 9.17) is 4.74 Å². The lowest BCUT2D eigenvalue weighted by atomic mass is 9.77. The zero-order valence-corrected chi connectivity index (χ0v) is 15.2. The Morgan fingerprint density at radius 3 is 1.61 bits per heavy atom. The van der Waals surface area contributed by atoms with Crippen LogP contribution in [0.4, 0.5) is 0 Å². The Morgan fingerprint density at radius 1 is 0.826 bits per heavy atom. The number of pyridine rings is 1. The molecule has 0 aliphatic rings. The van der Waals surface area contributed by atoms with Gasteiger partial charge in [0.25, 0.3) is 0 Å². The van der Waals surface area contributed by atoms with Gasteiger partial charge in [-0.15, -0.1) is 0 Å². The van der Waals surface area contributed by atoms with Crippen molar-refractivity contribution in [2.24, 2.45) is 0 Å². The van der Waals surface area contributed by atoms with E-state index in [0.717, 1.165) is 21.6 Å². The van der Waals surface area contributed by atoms with Crippen LogP contribution in [0.2, 0.25) is 0 Å². The lowest BCUT2D eigenvalue weighted by Gasteiger charge is -2.30. The largest absolute Gasteiger partial charge is 0.619 e. The van der Waals surface area contributed by atoms with Crippen molar-refractivity contribution in [1.82, 2.24) is 0 Å². The van der Waals surface area contributed by atoms with E-state index in [1.807, 2.05) is 12.1 Å². The lowest BCUT2D eigenvalue weighted by Crippen LogP contribution is -2.23. The molecular formula is C20H27NO2. The molecule has 3 nitrogen and oxygen atoms in total. The van der Waals surface area contributed by atoms with Crippen LogP contribution in [0.5, 0.6) is 5.75 Å². The minimum atomic E-state index is -0.0332. The second kappa shape index (κ2) is 5.88. The maximum Gasteiger partial charge on any atom is 0.180 e. The highest BCUT2D eigenvalue weighted by Crippen LogP contribution is 2.42. The molecule has 0 spiro atoms. The maximum atomic E-state index is 11.3. The van der Waals surface area contributed by atoms with Gasteiger partial charge in [-0.1, -0.05) is 41.5 Å². The van der Waals surface area contributed by atoms with Crippen LogP contribution in [0, 0.1) is 5.21 Å². The fourth-order valence-electron chi connectivity index (χ4n) is 2.73. The summed E-state index contributed by atoms with van der Waals surface area (Å²) >= 11 is 0. The van der Waals surface area contributed by atoms with Gasteiger partial charge < -0.3 is 9.94 Å². The molecule has 2 rings (SSSR count). The summed E-state index contributed by atoms with van der Waals surface area (Å²) in [6.45, 7) is 13.2. The molecule has 124 valence electrons. The summed E-state index contributed by atoms with van der Waals surface area (Å²) in [5.74, 6) is 0.962. The molecule has 0 amide bonds. The Morgan fingerprint density at radius 2 is 1.26 bits per heavy atom. The van der Waals surface area contributed by atoms with E-state index in [-0.39, 0.29) is 10.8 Å². The van der Waals surface area contributed by atoms with E-state index in [1.165, 1.54) is 23.5 Å². The van der Waals surface area contributed by atoms with E-state index >= 15 is 0 Å². The van der Waals surface area contributed by atoms with Crippen LogP contribution in [-0.2, 0) is 10.8 Å². The van der Waals surface area contributed by atoms with Crippen molar-refractivity contribution in [3.8, 4) is 16.9 Å². The van der Waals surface area contributed by atoms with Crippen molar-refractivity contribution in [3.05, 3.63) is 53.0 Å². The molecule has 2 aromatic rings. The summed E-state index contributed by atoms with van der Waals surface area (Å²) in [6.07, 6.45) is 3.07. The molecule has 0 saturated heterocycles. The van der Waals surface area contributed by atoms with E-state index in [2.05, 4.69) is 53.7 Å². The quantitative estimate of drug-likeness (QED) is 0.600. The minimum absolute atomic E-state index is 0.0332. The van der Waals surface area contributed by atoms with Gasteiger partial charge in [-0.05, 0) is 34.1 Å². The molecule has 0 saturated carbocycles. The molecular weight excluding hydrogens is 286 g/mol. The average molecular weight is 313 g/mol. The van der Waals surface area contributed by atoms with E-state index in [0.29, 0.717) is 0 Å². The number of aromatic nitrogens is 1. The van der Waals surface area contributed by atoms with Crippen LogP contribution >= 0.6 is 0 Å². The van der Waals surface area contributed by atoms with E-state index in [9.17, 15) is 5.21 Å².